The predicted molar refractivity (Wildman–Crippen MR) is 52.7 cm³/mol. The molecule has 0 aromatic carbocycles. The molecule has 0 N–H and O–H groups in total. The predicted octanol–water partition coefficient (Wildman–Crippen LogP) is 2.34. The van der Waals surface area contributed by atoms with Gasteiger partial charge < -0.3 is 9.57 Å². The van der Waals surface area contributed by atoms with E-state index < -0.39 is 11.8 Å². The minimum atomic E-state index is -0.605. The molecule has 1 rings (SSSR count). The number of hydroxylamine groups is 2. The van der Waals surface area contributed by atoms with Crippen molar-refractivity contribution in [1.82, 2.24) is 5.06 Å². The molecule has 1 fully saturated rings. The molecule has 0 radical (unpaired) electrons. The SMILES string of the molecule is CC1CCCN1OC(=O)OC(C)(C)C. The van der Waals surface area contributed by atoms with E-state index in [4.69, 9.17) is 9.57 Å². The number of carbonyl (C=O) groups excluding carboxylic acids is 1. The number of hydrogen-bond acceptors (Lipinski definition) is 4. The maximum atomic E-state index is 11.3. The van der Waals surface area contributed by atoms with Crippen LogP contribution in [0.1, 0.15) is 40.5 Å². The van der Waals surface area contributed by atoms with E-state index in [0.29, 0.717) is 6.04 Å². The van der Waals surface area contributed by atoms with Crippen molar-refractivity contribution in [2.45, 2.75) is 52.2 Å². The first-order valence-corrected chi connectivity index (χ1v) is 5.06. The van der Waals surface area contributed by atoms with Gasteiger partial charge in [0, 0.05) is 12.6 Å². The van der Waals surface area contributed by atoms with Crippen LogP contribution in [-0.2, 0) is 9.57 Å². The lowest BCUT2D eigenvalue weighted by Crippen LogP contribution is -2.33. The second kappa shape index (κ2) is 4.17. The van der Waals surface area contributed by atoms with Crippen LogP contribution in [-0.4, -0.2) is 29.4 Å². The second-order valence-electron chi connectivity index (χ2n) is 4.69. The number of ether oxygens (including phenoxy) is 1. The standard InChI is InChI=1S/C10H19NO3/c1-8-6-5-7-11(8)14-9(12)13-10(2,3)4/h8H,5-7H2,1-4H3. The maximum Gasteiger partial charge on any atom is 0.528 e. The fourth-order valence-corrected chi connectivity index (χ4v) is 1.41. The number of carbonyl (C=O) groups is 1. The van der Waals surface area contributed by atoms with Gasteiger partial charge in [-0.25, -0.2) is 4.79 Å². The molecule has 0 amide bonds. The minimum absolute atomic E-state index is 0.308. The molecule has 1 aliphatic rings. The monoisotopic (exact) mass is 201 g/mol. The molecule has 1 atom stereocenters. The van der Waals surface area contributed by atoms with Crippen LogP contribution in [0.5, 0.6) is 0 Å². The highest BCUT2D eigenvalue weighted by Gasteiger charge is 2.26. The van der Waals surface area contributed by atoms with Crippen molar-refractivity contribution in [3.05, 3.63) is 0 Å². The Kier molecular flexibility index (Phi) is 3.37. The zero-order chi connectivity index (χ0) is 10.8. The van der Waals surface area contributed by atoms with E-state index in [1.54, 1.807) is 5.06 Å². The zero-order valence-corrected chi connectivity index (χ0v) is 9.37. The lowest BCUT2D eigenvalue weighted by Gasteiger charge is -2.23. The fourth-order valence-electron chi connectivity index (χ4n) is 1.41. The van der Waals surface area contributed by atoms with Crippen molar-refractivity contribution in [3.63, 3.8) is 0 Å². The van der Waals surface area contributed by atoms with Crippen LogP contribution in [0.4, 0.5) is 4.79 Å². The highest BCUT2D eigenvalue weighted by atomic mass is 16.8. The topological polar surface area (TPSA) is 38.8 Å². The average molecular weight is 201 g/mol. The van der Waals surface area contributed by atoms with Gasteiger partial charge in [0.2, 0.25) is 0 Å². The molecule has 0 aromatic heterocycles. The van der Waals surface area contributed by atoms with Crippen molar-refractivity contribution in [2.24, 2.45) is 0 Å². The molecule has 1 saturated heterocycles. The molecule has 0 aliphatic carbocycles. The summed E-state index contributed by atoms with van der Waals surface area (Å²) in [6.45, 7) is 8.31. The normalized spacial score (nSPS) is 23.6. The summed E-state index contributed by atoms with van der Waals surface area (Å²) in [6.07, 6.45) is 1.54. The molecular formula is C10H19NO3. The summed E-state index contributed by atoms with van der Waals surface area (Å²) in [5, 5.41) is 1.69. The van der Waals surface area contributed by atoms with Gasteiger partial charge in [0.15, 0.2) is 0 Å². The molecule has 1 heterocycles. The van der Waals surface area contributed by atoms with Gasteiger partial charge in [-0.2, -0.15) is 0 Å². The van der Waals surface area contributed by atoms with Crippen molar-refractivity contribution in [1.29, 1.82) is 0 Å². The second-order valence-corrected chi connectivity index (χ2v) is 4.69. The Morgan fingerprint density at radius 2 is 2.07 bits per heavy atom. The number of rotatable bonds is 1. The third-order valence-electron chi connectivity index (χ3n) is 2.07. The Morgan fingerprint density at radius 3 is 2.50 bits per heavy atom. The highest BCUT2D eigenvalue weighted by molar-refractivity contribution is 5.60. The average Bonchev–Trinajstić information content (AvgIpc) is 2.32. The Hall–Kier alpha value is -0.770. The van der Waals surface area contributed by atoms with E-state index in [1.807, 2.05) is 27.7 Å². The summed E-state index contributed by atoms with van der Waals surface area (Å²) in [5.41, 5.74) is -0.486. The van der Waals surface area contributed by atoms with E-state index in [2.05, 4.69) is 0 Å². The van der Waals surface area contributed by atoms with Gasteiger partial charge in [-0.1, -0.05) is 0 Å². The molecule has 82 valence electrons. The first-order valence-electron chi connectivity index (χ1n) is 5.06. The van der Waals surface area contributed by atoms with Crippen molar-refractivity contribution < 1.29 is 14.4 Å². The molecular weight excluding hydrogens is 182 g/mol. The Morgan fingerprint density at radius 1 is 1.43 bits per heavy atom. The van der Waals surface area contributed by atoms with Gasteiger partial charge in [-0.15, -0.1) is 5.06 Å². The van der Waals surface area contributed by atoms with Gasteiger partial charge in [0.25, 0.3) is 0 Å². The quantitative estimate of drug-likeness (QED) is 0.610. The summed E-state index contributed by atoms with van der Waals surface area (Å²) in [5.74, 6) is 0. The number of nitrogens with zero attached hydrogens (tertiary/aromatic N) is 1. The minimum Gasteiger partial charge on any atom is -0.427 e. The summed E-state index contributed by atoms with van der Waals surface area (Å²) in [6, 6.07) is 0.308. The zero-order valence-electron chi connectivity index (χ0n) is 9.37. The van der Waals surface area contributed by atoms with Crippen LogP contribution >= 0.6 is 0 Å². The van der Waals surface area contributed by atoms with Crippen LogP contribution in [0.3, 0.4) is 0 Å². The first-order chi connectivity index (χ1) is 6.38. The highest BCUT2D eigenvalue weighted by Crippen LogP contribution is 2.18. The van der Waals surface area contributed by atoms with Crippen LogP contribution in [0.25, 0.3) is 0 Å². The molecule has 4 nitrogen and oxygen atoms in total. The van der Waals surface area contributed by atoms with Crippen LogP contribution in [0.15, 0.2) is 0 Å². The largest absolute Gasteiger partial charge is 0.528 e. The van der Waals surface area contributed by atoms with E-state index in [0.717, 1.165) is 19.4 Å². The molecule has 0 spiro atoms. The van der Waals surface area contributed by atoms with Crippen molar-refractivity contribution in [3.8, 4) is 0 Å². The van der Waals surface area contributed by atoms with Crippen molar-refractivity contribution in [2.75, 3.05) is 6.54 Å². The van der Waals surface area contributed by atoms with Gasteiger partial charge >= 0.3 is 6.16 Å². The molecule has 4 heteroatoms. The molecule has 0 bridgehead atoms. The van der Waals surface area contributed by atoms with E-state index in [1.165, 1.54) is 0 Å². The smallest absolute Gasteiger partial charge is 0.427 e. The molecule has 0 aromatic rings. The lowest BCUT2D eigenvalue weighted by molar-refractivity contribution is -0.147. The van der Waals surface area contributed by atoms with Gasteiger partial charge in [-0.3, -0.25) is 0 Å². The first kappa shape index (κ1) is 11.3. The third-order valence-corrected chi connectivity index (χ3v) is 2.07. The summed E-state index contributed by atoms with van der Waals surface area (Å²) < 4.78 is 5.05. The maximum absolute atomic E-state index is 11.3. The summed E-state index contributed by atoms with van der Waals surface area (Å²) in [4.78, 5) is 16.3. The Balaban J connectivity index is 2.33. The van der Waals surface area contributed by atoms with Crippen LogP contribution in [0.2, 0.25) is 0 Å². The van der Waals surface area contributed by atoms with Crippen molar-refractivity contribution >= 4 is 6.16 Å². The van der Waals surface area contributed by atoms with E-state index in [-0.39, 0.29) is 0 Å². The molecule has 1 unspecified atom stereocenters. The molecule has 1 aliphatic heterocycles. The van der Waals surface area contributed by atoms with Gasteiger partial charge in [0.05, 0.1) is 0 Å². The van der Waals surface area contributed by atoms with E-state index >= 15 is 0 Å². The Labute approximate surface area is 85.1 Å². The molecule has 14 heavy (non-hydrogen) atoms. The van der Waals surface area contributed by atoms with Crippen LogP contribution in [0, 0.1) is 0 Å². The fraction of sp³-hybridized carbons (Fsp3) is 0.900. The summed E-state index contributed by atoms with van der Waals surface area (Å²) >= 11 is 0. The van der Waals surface area contributed by atoms with E-state index in [9.17, 15) is 4.79 Å². The summed E-state index contributed by atoms with van der Waals surface area (Å²) in [7, 11) is 0. The van der Waals surface area contributed by atoms with Gasteiger partial charge in [-0.05, 0) is 40.5 Å². The van der Waals surface area contributed by atoms with Crippen LogP contribution < -0.4 is 0 Å². The lowest BCUT2D eigenvalue weighted by atomic mass is 10.2. The molecule has 0 saturated carbocycles. The Bertz CT molecular complexity index is 210. The number of hydrogen-bond donors (Lipinski definition) is 0. The van der Waals surface area contributed by atoms with Gasteiger partial charge in [0.1, 0.15) is 5.60 Å². The third kappa shape index (κ3) is 3.54.